The zero-order chi connectivity index (χ0) is 18.7. The van der Waals surface area contributed by atoms with Crippen molar-refractivity contribution in [3.05, 3.63) is 64.2 Å². The predicted molar refractivity (Wildman–Crippen MR) is 101 cm³/mol. The Bertz CT molecular complexity index is 838. The molecule has 5 nitrogen and oxygen atoms in total. The Labute approximate surface area is 157 Å². The first-order valence-corrected chi connectivity index (χ1v) is 8.91. The van der Waals surface area contributed by atoms with Gasteiger partial charge in [0.05, 0.1) is 11.6 Å². The number of benzene rings is 2. The summed E-state index contributed by atoms with van der Waals surface area (Å²) >= 11 is 5.83. The number of hydrogen-bond donors (Lipinski definition) is 1. The Morgan fingerprint density at radius 1 is 1.27 bits per heavy atom. The topological polar surface area (TPSA) is 72.6 Å². The van der Waals surface area contributed by atoms with Gasteiger partial charge in [0, 0.05) is 17.8 Å². The first-order chi connectivity index (χ1) is 12.5. The number of likely N-dealkylation sites (N-methyl/N-ethyl adjacent to an activating group) is 1. The number of hydrogen-bond acceptors (Lipinski definition) is 4. The van der Waals surface area contributed by atoms with Gasteiger partial charge in [-0.1, -0.05) is 35.9 Å². The van der Waals surface area contributed by atoms with E-state index >= 15 is 0 Å². The molecule has 0 aromatic heterocycles. The number of nitrogens with zero attached hydrogens (tertiary/aromatic N) is 1. The number of amides is 1. The molecular weight excluding hydrogens is 352 g/mol. The third-order valence-corrected chi connectivity index (χ3v) is 4.99. The summed E-state index contributed by atoms with van der Waals surface area (Å²) < 4.78 is 5.16. The van der Waals surface area contributed by atoms with Crippen molar-refractivity contribution in [2.75, 3.05) is 19.4 Å². The predicted octanol–water partition coefficient (Wildman–Crippen LogP) is 3.62. The van der Waals surface area contributed by atoms with E-state index in [2.05, 4.69) is 12.1 Å². The Morgan fingerprint density at radius 3 is 2.81 bits per heavy atom. The van der Waals surface area contributed by atoms with Gasteiger partial charge in [-0.05, 0) is 48.6 Å². The van der Waals surface area contributed by atoms with Gasteiger partial charge in [-0.25, -0.2) is 4.79 Å². The molecule has 0 bridgehead atoms. The summed E-state index contributed by atoms with van der Waals surface area (Å²) in [5.41, 5.74) is 8.65. The van der Waals surface area contributed by atoms with Crippen LogP contribution in [-0.4, -0.2) is 30.4 Å². The standard InChI is InChI=1S/C20H21ClN2O3/c1-23(18-8-4-6-13-5-2-3-7-15(13)18)19(24)12-26-20(25)16-10-9-14(21)11-17(16)22/h2-3,5,7,9-11,18H,4,6,8,12,22H2,1H3/t18-/m1/s1. The lowest BCUT2D eigenvalue weighted by atomic mass is 9.87. The molecule has 0 unspecified atom stereocenters. The molecule has 2 N–H and O–H groups in total. The monoisotopic (exact) mass is 372 g/mol. The number of halogens is 1. The molecule has 0 saturated heterocycles. The molecule has 1 amide bonds. The van der Waals surface area contributed by atoms with E-state index in [0.29, 0.717) is 5.02 Å². The van der Waals surface area contributed by atoms with Gasteiger partial charge in [0.1, 0.15) is 0 Å². The molecule has 2 aromatic carbocycles. The molecule has 0 fully saturated rings. The zero-order valence-corrected chi connectivity index (χ0v) is 15.3. The molecule has 136 valence electrons. The number of fused-ring (bicyclic) bond motifs is 1. The molecule has 3 rings (SSSR count). The highest BCUT2D eigenvalue weighted by molar-refractivity contribution is 6.31. The maximum Gasteiger partial charge on any atom is 0.340 e. The van der Waals surface area contributed by atoms with Gasteiger partial charge in [0.2, 0.25) is 0 Å². The fraction of sp³-hybridized carbons (Fsp3) is 0.300. The van der Waals surface area contributed by atoms with Crippen molar-refractivity contribution in [1.82, 2.24) is 4.90 Å². The number of carbonyl (C=O) groups excluding carboxylic acids is 2. The number of nitrogens with two attached hydrogens (primary N) is 1. The van der Waals surface area contributed by atoms with Crippen molar-refractivity contribution in [1.29, 1.82) is 0 Å². The second-order valence-corrected chi connectivity index (χ2v) is 6.86. The van der Waals surface area contributed by atoms with Gasteiger partial charge in [-0.3, -0.25) is 4.79 Å². The highest BCUT2D eigenvalue weighted by Crippen LogP contribution is 2.33. The quantitative estimate of drug-likeness (QED) is 0.657. The van der Waals surface area contributed by atoms with E-state index < -0.39 is 5.97 Å². The first-order valence-electron chi connectivity index (χ1n) is 8.53. The Morgan fingerprint density at radius 2 is 2.04 bits per heavy atom. The lowest BCUT2D eigenvalue weighted by molar-refractivity contribution is -0.135. The van der Waals surface area contributed by atoms with Gasteiger partial charge >= 0.3 is 5.97 Å². The summed E-state index contributed by atoms with van der Waals surface area (Å²) in [6.45, 7) is -0.323. The van der Waals surface area contributed by atoms with Crippen LogP contribution in [0.5, 0.6) is 0 Å². The Hall–Kier alpha value is -2.53. The molecule has 0 aliphatic heterocycles. The van der Waals surface area contributed by atoms with E-state index in [9.17, 15) is 9.59 Å². The van der Waals surface area contributed by atoms with Crippen LogP contribution >= 0.6 is 11.6 Å². The number of aryl methyl sites for hydroxylation is 1. The van der Waals surface area contributed by atoms with Crippen molar-refractivity contribution in [2.24, 2.45) is 0 Å². The minimum Gasteiger partial charge on any atom is -0.452 e. The largest absolute Gasteiger partial charge is 0.452 e. The summed E-state index contributed by atoms with van der Waals surface area (Å²) in [7, 11) is 1.75. The van der Waals surface area contributed by atoms with Gasteiger partial charge in [-0.2, -0.15) is 0 Å². The van der Waals surface area contributed by atoms with Crippen molar-refractivity contribution in [2.45, 2.75) is 25.3 Å². The van der Waals surface area contributed by atoms with Crippen molar-refractivity contribution >= 4 is 29.2 Å². The van der Waals surface area contributed by atoms with Crippen LogP contribution in [-0.2, 0) is 16.0 Å². The minimum atomic E-state index is -0.634. The number of esters is 1. The van der Waals surface area contributed by atoms with Crippen LogP contribution in [0.4, 0.5) is 5.69 Å². The highest BCUT2D eigenvalue weighted by Gasteiger charge is 2.27. The summed E-state index contributed by atoms with van der Waals surface area (Å²) in [6.07, 6.45) is 2.96. The third-order valence-electron chi connectivity index (χ3n) is 4.76. The van der Waals surface area contributed by atoms with Gasteiger partial charge in [-0.15, -0.1) is 0 Å². The van der Waals surface area contributed by atoms with Crippen LogP contribution < -0.4 is 5.73 Å². The third kappa shape index (κ3) is 3.83. The van der Waals surface area contributed by atoms with Crippen LogP contribution in [0.15, 0.2) is 42.5 Å². The fourth-order valence-electron chi connectivity index (χ4n) is 3.33. The fourth-order valence-corrected chi connectivity index (χ4v) is 3.51. The van der Waals surface area contributed by atoms with E-state index in [4.69, 9.17) is 22.1 Å². The second kappa shape index (κ2) is 7.79. The summed E-state index contributed by atoms with van der Waals surface area (Å²) in [5, 5.41) is 0.436. The molecule has 0 heterocycles. The lowest BCUT2D eigenvalue weighted by Gasteiger charge is -2.33. The Kier molecular flexibility index (Phi) is 5.47. The van der Waals surface area contributed by atoms with E-state index in [1.165, 1.54) is 23.3 Å². The van der Waals surface area contributed by atoms with Crippen LogP contribution in [0.25, 0.3) is 0 Å². The van der Waals surface area contributed by atoms with Crippen molar-refractivity contribution in [3.63, 3.8) is 0 Å². The number of ether oxygens (including phenoxy) is 1. The minimum absolute atomic E-state index is 0.00625. The van der Waals surface area contributed by atoms with E-state index in [1.807, 2.05) is 12.1 Å². The SMILES string of the molecule is CN(C(=O)COC(=O)c1ccc(Cl)cc1N)[C@@H]1CCCc2ccccc21. The molecule has 6 heteroatoms. The molecular formula is C20H21ClN2O3. The molecule has 0 spiro atoms. The van der Waals surface area contributed by atoms with E-state index in [-0.39, 0.29) is 29.8 Å². The average molecular weight is 373 g/mol. The van der Waals surface area contributed by atoms with Gasteiger partial charge in [0.15, 0.2) is 6.61 Å². The zero-order valence-electron chi connectivity index (χ0n) is 14.6. The summed E-state index contributed by atoms with van der Waals surface area (Å²) in [4.78, 5) is 26.3. The molecule has 26 heavy (non-hydrogen) atoms. The van der Waals surface area contributed by atoms with Crippen LogP contribution in [0, 0.1) is 0 Å². The Balaban J connectivity index is 1.64. The van der Waals surface area contributed by atoms with Crippen LogP contribution in [0.3, 0.4) is 0 Å². The van der Waals surface area contributed by atoms with Crippen LogP contribution in [0.2, 0.25) is 5.02 Å². The molecule has 1 aliphatic rings. The normalized spacial score (nSPS) is 15.8. The summed E-state index contributed by atoms with van der Waals surface area (Å²) in [5.74, 6) is -0.877. The van der Waals surface area contributed by atoms with Crippen LogP contribution in [0.1, 0.15) is 40.4 Å². The average Bonchev–Trinajstić information content (AvgIpc) is 2.64. The first kappa shape index (κ1) is 18.3. The molecule has 2 aromatic rings. The lowest BCUT2D eigenvalue weighted by Crippen LogP contribution is -2.36. The molecule has 0 saturated carbocycles. The maximum absolute atomic E-state index is 12.5. The number of rotatable bonds is 4. The number of nitrogen functional groups attached to an aromatic ring is 1. The molecule has 1 aliphatic carbocycles. The van der Waals surface area contributed by atoms with Gasteiger partial charge < -0.3 is 15.4 Å². The number of carbonyl (C=O) groups is 2. The summed E-state index contributed by atoms with van der Waals surface area (Å²) in [6, 6.07) is 12.7. The van der Waals surface area contributed by atoms with Crippen molar-refractivity contribution < 1.29 is 14.3 Å². The van der Waals surface area contributed by atoms with E-state index in [1.54, 1.807) is 18.0 Å². The van der Waals surface area contributed by atoms with Gasteiger partial charge in [0.25, 0.3) is 5.91 Å². The molecule has 1 atom stereocenters. The molecule has 0 radical (unpaired) electrons. The number of anilines is 1. The highest BCUT2D eigenvalue weighted by atomic mass is 35.5. The van der Waals surface area contributed by atoms with E-state index in [0.717, 1.165) is 19.3 Å². The smallest absolute Gasteiger partial charge is 0.340 e. The maximum atomic E-state index is 12.5. The second-order valence-electron chi connectivity index (χ2n) is 6.42. The van der Waals surface area contributed by atoms with Crippen molar-refractivity contribution in [3.8, 4) is 0 Å².